The lowest BCUT2D eigenvalue weighted by Crippen LogP contribution is -2.54. The minimum Gasteiger partial charge on any atom is -0.378 e. The molecule has 0 radical (unpaired) electrons. The highest BCUT2D eigenvalue weighted by molar-refractivity contribution is 7.89. The van der Waals surface area contributed by atoms with Crippen molar-refractivity contribution in [1.82, 2.24) is 14.5 Å². The van der Waals surface area contributed by atoms with Crippen LogP contribution < -0.4 is 5.32 Å². The third-order valence-electron chi connectivity index (χ3n) is 4.67. The second-order valence-electron chi connectivity index (χ2n) is 7.44. The van der Waals surface area contributed by atoms with Crippen molar-refractivity contribution in [3.8, 4) is 0 Å². The SMILES string of the molecule is CN=C(NCC(C)Cc1cccs1)N1CCN(S(=O)(=O)CCOC(C)C)CC1. The van der Waals surface area contributed by atoms with Gasteiger partial charge in [0.2, 0.25) is 10.0 Å². The highest BCUT2D eigenvalue weighted by Gasteiger charge is 2.28. The van der Waals surface area contributed by atoms with Crippen molar-refractivity contribution in [2.75, 3.05) is 52.1 Å². The fourth-order valence-corrected chi connectivity index (χ4v) is 5.29. The molecule has 1 aromatic rings. The van der Waals surface area contributed by atoms with Crippen LogP contribution in [-0.2, 0) is 21.2 Å². The lowest BCUT2D eigenvalue weighted by molar-refractivity contribution is 0.0904. The minimum atomic E-state index is -3.27. The molecule has 0 saturated carbocycles. The second-order valence-corrected chi connectivity index (χ2v) is 10.6. The number of rotatable bonds is 9. The Morgan fingerprint density at radius 3 is 2.57 bits per heavy atom. The van der Waals surface area contributed by atoms with Crippen LogP contribution in [0.15, 0.2) is 22.5 Å². The standard InChI is InChI=1S/C19H34N4O3S2/c1-16(2)26-11-13-28(24,25)23-9-7-22(8-10-23)19(20-4)21-15-17(3)14-18-6-5-12-27-18/h5-6,12,16-17H,7-11,13-15H2,1-4H3,(H,20,21). The maximum atomic E-state index is 12.5. The summed E-state index contributed by atoms with van der Waals surface area (Å²) in [7, 11) is -1.49. The van der Waals surface area contributed by atoms with E-state index in [0.29, 0.717) is 32.1 Å². The molecule has 1 aliphatic rings. The summed E-state index contributed by atoms with van der Waals surface area (Å²) >= 11 is 1.79. The molecule has 9 heteroatoms. The van der Waals surface area contributed by atoms with E-state index in [1.165, 1.54) is 4.88 Å². The van der Waals surface area contributed by atoms with Gasteiger partial charge in [-0.05, 0) is 37.6 Å². The number of nitrogens with one attached hydrogen (secondary N) is 1. The summed E-state index contributed by atoms with van der Waals surface area (Å²) in [4.78, 5) is 7.91. The quantitative estimate of drug-likeness (QED) is 0.478. The van der Waals surface area contributed by atoms with Gasteiger partial charge in [-0.25, -0.2) is 8.42 Å². The highest BCUT2D eigenvalue weighted by Crippen LogP contribution is 2.14. The van der Waals surface area contributed by atoms with Crippen LogP contribution in [0.25, 0.3) is 0 Å². The van der Waals surface area contributed by atoms with Gasteiger partial charge < -0.3 is 15.0 Å². The van der Waals surface area contributed by atoms with Crippen LogP contribution in [0.1, 0.15) is 25.6 Å². The summed E-state index contributed by atoms with van der Waals surface area (Å²) in [5.41, 5.74) is 0. The second kappa shape index (κ2) is 11.1. The summed E-state index contributed by atoms with van der Waals surface area (Å²) < 4.78 is 31.9. The first-order valence-electron chi connectivity index (χ1n) is 9.89. The zero-order valence-electron chi connectivity index (χ0n) is 17.4. The molecule has 7 nitrogen and oxygen atoms in total. The van der Waals surface area contributed by atoms with Crippen molar-refractivity contribution in [2.24, 2.45) is 10.9 Å². The lowest BCUT2D eigenvalue weighted by atomic mass is 10.1. The van der Waals surface area contributed by atoms with E-state index in [1.54, 1.807) is 22.7 Å². The number of ether oxygens (including phenoxy) is 1. The first-order valence-corrected chi connectivity index (χ1v) is 12.4. The van der Waals surface area contributed by atoms with Crippen LogP contribution >= 0.6 is 11.3 Å². The van der Waals surface area contributed by atoms with Gasteiger partial charge in [-0.2, -0.15) is 4.31 Å². The number of hydrogen-bond donors (Lipinski definition) is 1. The van der Waals surface area contributed by atoms with E-state index in [2.05, 4.69) is 39.6 Å². The third kappa shape index (κ3) is 7.35. The van der Waals surface area contributed by atoms with Crippen LogP contribution in [0.2, 0.25) is 0 Å². The van der Waals surface area contributed by atoms with Gasteiger partial charge in [-0.1, -0.05) is 13.0 Å². The zero-order chi connectivity index (χ0) is 20.6. The Kier molecular flexibility index (Phi) is 9.20. The number of aliphatic imine (C=N–C) groups is 1. The maximum Gasteiger partial charge on any atom is 0.216 e. The largest absolute Gasteiger partial charge is 0.378 e. The molecule has 1 aromatic heterocycles. The molecule has 1 unspecified atom stereocenters. The first-order chi connectivity index (χ1) is 13.3. The molecule has 1 aliphatic heterocycles. The molecule has 0 spiro atoms. The lowest BCUT2D eigenvalue weighted by Gasteiger charge is -2.36. The smallest absolute Gasteiger partial charge is 0.216 e. The molecule has 0 amide bonds. The molecule has 0 aromatic carbocycles. The molecule has 1 N–H and O–H groups in total. The Morgan fingerprint density at radius 1 is 1.29 bits per heavy atom. The number of sulfonamides is 1. The minimum absolute atomic E-state index is 0.0401. The van der Waals surface area contributed by atoms with Crippen molar-refractivity contribution in [3.63, 3.8) is 0 Å². The molecule has 1 saturated heterocycles. The molecule has 2 heterocycles. The van der Waals surface area contributed by atoms with Gasteiger partial charge in [0.1, 0.15) is 0 Å². The summed E-state index contributed by atoms with van der Waals surface area (Å²) in [6.45, 7) is 9.37. The zero-order valence-corrected chi connectivity index (χ0v) is 19.1. The number of thiophene rings is 1. The summed E-state index contributed by atoms with van der Waals surface area (Å²) in [5, 5.41) is 5.55. The van der Waals surface area contributed by atoms with Crippen molar-refractivity contribution in [3.05, 3.63) is 22.4 Å². The number of guanidine groups is 1. The average molecular weight is 431 g/mol. The maximum absolute atomic E-state index is 12.5. The van der Waals surface area contributed by atoms with Gasteiger partial charge in [-0.15, -0.1) is 11.3 Å². The Balaban J connectivity index is 1.77. The molecule has 1 atom stereocenters. The number of hydrogen-bond acceptors (Lipinski definition) is 5. The Morgan fingerprint density at radius 2 is 2.00 bits per heavy atom. The number of piperazine rings is 1. The summed E-state index contributed by atoms with van der Waals surface area (Å²) in [6, 6.07) is 4.25. The molecular formula is C19H34N4O3S2. The van der Waals surface area contributed by atoms with Crippen molar-refractivity contribution < 1.29 is 13.2 Å². The molecule has 0 aliphatic carbocycles. The van der Waals surface area contributed by atoms with Gasteiger partial charge in [0.05, 0.1) is 18.5 Å². The van der Waals surface area contributed by atoms with Crippen LogP contribution in [0.3, 0.4) is 0 Å². The van der Waals surface area contributed by atoms with E-state index >= 15 is 0 Å². The Bertz CT molecular complexity index is 697. The Hall–Kier alpha value is -1.16. The fraction of sp³-hybridized carbons (Fsp3) is 0.737. The van der Waals surface area contributed by atoms with Gasteiger partial charge in [0, 0.05) is 44.6 Å². The molecule has 160 valence electrons. The predicted molar refractivity (Wildman–Crippen MR) is 117 cm³/mol. The molecule has 2 rings (SSSR count). The first kappa shape index (κ1) is 23.1. The predicted octanol–water partition coefficient (Wildman–Crippen LogP) is 1.87. The van der Waals surface area contributed by atoms with Crippen molar-refractivity contribution in [2.45, 2.75) is 33.3 Å². The van der Waals surface area contributed by atoms with Gasteiger partial charge in [-0.3, -0.25) is 4.99 Å². The number of nitrogens with zero attached hydrogens (tertiary/aromatic N) is 3. The highest BCUT2D eigenvalue weighted by atomic mass is 32.2. The van der Waals surface area contributed by atoms with E-state index in [4.69, 9.17) is 4.74 Å². The van der Waals surface area contributed by atoms with E-state index in [1.807, 2.05) is 13.8 Å². The van der Waals surface area contributed by atoms with Gasteiger partial charge in [0.25, 0.3) is 0 Å². The molecule has 1 fully saturated rings. The van der Waals surface area contributed by atoms with E-state index in [9.17, 15) is 8.42 Å². The molecular weight excluding hydrogens is 396 g/mol. The van der Waals surface area contributed by atoms with E-state index in [0.717, 1.165) is 18.9 Å². The monoisotopic (exact) mass is 430 g/mol. The summed E-state index contributed by atoms with van der Waals surface area (Å²) in [5.74, 6) is 1.38. The van der Waals surface area contributed by atoms with Gasteiger partial charge in [0.15, 0.2) is 5.96 Å². The fourth-order valence-electron chi connectivity index (χ4n) is 3.14. The Labute approximate surface area is 173 Å². The van der Waals surface area contributed by atoms with Crippen LogP contribution in [0.4, 0.5) is 0 Å². The normalized spacial score (nSPS) is 17.9. The van der Waals surface area contributed by atoms with Crippen LogP contribution in [0.5, 0.6) is 0 Å². The molecule has 0 bridgehead atoms. The average Bonchev–Trinajstić information content (AvgIpc) is 3.15. The van der Waals surface area contributed by atoms with Gasteiger partial charge >= 0.3 is 0 Å². The van der Waals surface area contributed by atoms with Crippen molar-refractivity contribution in [1.29, 1.82) is 0 Å². The van der Waals surface area contributed by atoms with Crippen LogP contribution in [-0.4, -0.2) is 81.8 Å². The molecule has 28 heavy (non-hydrogen) atoms. The topological polar surface area (TPSA) is 74.2 Å². The van der Waals surface area contributed by atoms with Crippen LogP contribution in [0, 0.1) is 5.92 Å². The third-order valence-corrected chi connectivity index (χ3v) is 7.41. The van der Waals surface area contributed by atoms with Crippen molar-refractivity contribution >= 4 is 27.3 Å². The van der Waals surface area contributed by atoms with E-state index in [-0.39, 0.29) is 18.5 Å². The summed E-state index contributed by atoms with van der Waals surface area (Å²) in [6.07, 6.45) is 1.09. The van der Waals surface area contributed by atoms with E-state index < -0.39 is 10.0 Å².